The van der Waals surface area contributed by atoms with Gasteiger partial charge in [-0.15, -0.1) is 0 Å². The smallest absolute Gasteiger partial charge is 0.184 e. The minimum absolute atomic E-state index is 0.0254. The Morgan fingerprint density at radius 1 is 1.19 bits per heavy atom. The Morgan fingerprint density at radius 2 is 2.10 bits per heavy atom. The molecule has 2 aromatic carbocycles. The molecule has 158 valence electrons. The molecule has 1 aliphatic rings. The molecule has 2 heterocycles. The van der Waals surface area contributed by atoms with Gasteiger partial charge in [-0.1, -0.05) is 30.2 Å². The van der Waals surface area contributed by atoms with Gasteiger partial charge in [0.1, 0.15) is 11.8 Å². The third-order valence-corrected chi connectivity index (χ3v) is 6.69. The Bertz CT molecular complexity index is 1260. The Labute approximate surface area is 183 Å². The number of hydrogen-bond acceptors (Lipinski definition) is 7. The lowest BCUT2D eigenvalue weighted by molar-refractivity contribution is 0.116. The van der Waals surface area contributed by atoms with Crippen LogP contribution in [0.2, 0.25) is 0 Å². The molecule has 0 saturated heterocycles. The summed E-state index contributed by atoms with van der Waals surface area (Å²) in [5.74, 6) is 0.647. The van der Waals surface area contributed by atoms with Gasteiger partial charge in [0.25, 0.3) is 0 Å². The fraction of sp³-hybridized carbons (Fsp3) is 0.348. The minimum atomic E-state index is -0.295. The number of nitrogens with zero attached hydrogens (tertiary/aromatic N) is 4. The molecule has 0 amide bonds. The summed E-state index contributed by atoms with van der Waals surface area (Å²) in [4.78, 5) is 9.18. The summed E-state index contributed by atoms with van der Waals surface area (Å²) in [5, 5.41) is 23.2. The van der Waals surface area contributed by atoms with E-state index in [-0.39, 0.29) is 18.8 Å². The molecule has 1 saturated carbocycles. The predicted octanol–water partition coefficient (Wildman–Crippen LogP) is 4.31. The number of rotatable bonds is 6. The summed E-state index contributed by atoms with van der Waals surface area (Å²) in [7, 11) is 0. The SMILES string of the molecule is N#CCOc1ccc2c(c1)ncn2Cc1ccc2nc(N[C@@H]3CCCC[C@H]3O)sc2c1. The third-order valence-electron chi connectivity index (χ3n) is 5.74. The van der Waals surface area contributed by atoms with E-state index in [2.05, 4.69) is 33.1 Å². The number of nitrogens with one attached hydrogen (secondary N) is 1. The number of aliphatic hydroxyl groups excluding tert-OH is 1. The van der Waals surface area contributed by atoms with Crippen molar-refractivity contribution in [3.8, 4) is 11.8 Å². The Morgan fingerprint density at radius 3 is 2.97 bits per heavy atom. The number of aromatic nitrogens is 3. The number of imidazole rings is 1. The van der Waals surface area contributed by atoms with Crippen LogP contribution in [0.25, 0.3) is 21.3 Å². The van der Waals surface area contributed by atoms with Crippen molar-refractivity contribution >= 4 is 37.7 Å². The average Bonchev–Trinajstić information content (AvgIpc) is 3.37. The molecule has 0 bridgehead atoms. The molecule has 1 aliphatic carbocycles. The highest BCUT2D eigenvalue weighted by atomic mass is 32.1. The van der Waals surface area contributed by atoms with Gasteiger partial charge in [-0.2, -0.15) is 5.26 Å². The first-order chi connectivity index (χ1) is 15.2. The minimum Gasteiger partial charge on any atom is -0.479 e. The quantitative estimate of drug-likeness (QED) is 0.470. The Hall–Kier alpha value is -3.15. The van der Waals surface area contributed by atoms with Gasteiger partial charge in [-0.25, -0.2) is 9.97 Å². The van der Waals surface area contributed by atoms with Crippen molar-refractivity contribution in [3.05, 3.63) is 48.3 Å². The van der Waals surface area contributed by atoms with Crippen LogP contribution in [0.4, 0.5) is 5.13 Å². The van der Waals surface area contributed by atoms with Crippen molar-refractivity contribution < 1.29 is 9.84 Å². The fourth-order valence-electron chi connectivity index (χ4n) is 4.14. The van der Waals surface area contributed by atoms with Crippen LogP contribution >= 0.6 is 11.3 Å². The molecule has 4 aromatic rings. The number of anilines is 1. The van der Waals surface area contributed by atoms with E-state index in [0.29, 0.717) is 12.3 Å². The van der Waals surface area contributed by atoms with Crippen LogP contribution in [0.1, 0.15) is 31.2 Å². The summed E-state index contributed by atoms with van der Waals surface area (Å²) < 4.78 is 8.59. The highest BCUT2D eigenvalue weighted by molar-refractivity contribution is 7.22. The first kappa shape index (κ1) is 19.8. The maximum Gasteiger partial charge on any atom is 0.184 e. The van der Waals surface area contributed by atoms with Crippen LogP contribution in [-0.4, -0.2) is 38.4 Å². The number of benzene rings is 2. The highest BCUT2D eigenvalue weighted by Gasteiger charge is 2.23. The molecule has 8 heteroatoms. The van der Waals surface area contributed by atoms with E-state index < -0.39 is 0 Å². The van der Waals surface area contributed by atoms with Crippen LogP contribution in [0.3, 0.4) is 0 Å². The molecular weight excluding hydrogens is 410 g/mol. The lowest BCUT2D eigenvalue weighted by Gasteiger charge is -2.27. The molecule has 2 atom stereocenters. The first-order valence-corrected chi connectivity index (χ1v) is 11.3. The van der Waals surface area contributed by atoms with Crippen molar-refractivity contribution in [1.82, 2.24) is 14.5 Å². The summed E-state index contributed by atoms with van der Waals surface area (Å²) in [6.45, 7) is 0.727. The van der Waals surface area contributed by atoms with Gasteiger partial charge in [0.15, 0.2) is 11.7 Å². The van der Waals surface area contributed by atoms with Crippen molar-refractivity contribution in [2.45, 2.75) is 44.4 Å². The molecule has 0 aliphatic heterocycles. The molecule has 2 aromatic heterocycles. The van der Waals surface area contributed by atoms with E-state index in [1.54, 1.807) is 11.3 Å². The van der Waals surface area contributed by atoms with Gasteiger partial charge in [0, 0.05) is 12.6 Å². The molecule has 5 rings (SSSR count). The zero-order valence-corrected chi connectivity index (χ0v) is 17.8. The van der Waals surface area contributed by atoms with Crippen LogP contribution in [0.5, 0.6) is 5.75 Å². The van der Waals surface area contributed by atoms with E-state index >= 15 is 0 Å². The first-order valence-electron chi connectivity index (χ1n) is 10.5. The van der Waals surface area contributed by atoms with E-state index in [0.717, 1.165) is 52.1 Å². The molecule has 7 nitrogen and oxygen atoms in total. The van der Waals surface area contributed by atoms with Crippen LogP contribution in [0, 0.1) is 11.3 Å². The lowest BCUT2D eigenvalue weighted by atomic mass is 9.93. The van der Waals surface area contributed by atoms with E-state index in [1.165, 1.54) is 5.56 Å². The second-order valence-corrected chi connectivity index (χ2v) is 8.92. The average molecular weight is 434 g/mol. The molecule has 2 N–H and O–H groups in total. The van der Waals surface area contributed by atoms with Gasteiger partial charge < -0.3 is 19.7 Å². The number of ether oxygens (including phenoxy) is 1. The summed E-state index contributed by atoms with van der Waals surface area (Å²) in [5.41, 5.74) is 4.00. The fourth-order valence-corrected chi connectivity index (χ4v) is 5.13. The third kappa shape index (κ3) is 4.20. The van der Waals surface area contributed by atoms with Crippen molar-refractivity contribution in [3.63, 3.8) is 0 Å². The topological polar surface area (TPSA) is 96.0 Å². The summed E-state index contributed by atoms with van der Waals surface area (Å²) in [6, 6.07) is 14.1. The second-order valence-electron chi connectivity index (χ2n) is 7.89. The molecule has 1 fully saturated rings. The van der Waals surface area contributed by atoms with Gasteiger partial charge in [0.2, 0.25) is 0 Å². The van der Waals surface area contributed by atoms with Crippen molar-refractivity contribution in [2.75, 3.05) is 11.9 Å². The standard InChI is InChI=1S/C23H23N5O2S/c24-9-10-30-16-6-8-20-19(12-16)25-14-28(20)13-15-5-7-18-22(11-15)31-23(27-18)26-17-3-1-2-4-21(17)29/h5-8,11-12,14,17,21,29H,1-4,10,13H2,(H,26,27)/t17-,21-/m1/s1. The second kappa shape index (κ2) is 8.53. The predicted molar refractivity (Wildman–Crippen MR) is 121 cm³/mol. The number of hydrogen-bond donors (Lipinski definition) is 2. The van der Waals surface area contributed by atoms with Gasteiger partial charge in [0.05, 0.1) is 39.7 Å². The molecule has 0 spiro atoms. The van der Waals surface area contributed by atoms with Crippen LogP contribution < -0.4 is 10.1 Å². The largest absolute Gasteiger partial charge is 0.479 e. The van der Waals surface area contributed by atoms with Crippen molar-refractivity contribution in [2.24, 2.45) is 0 Å². The molecular formula is C23H23N5O2S. The van der Waals surface area contributed by atoms with E-state index in [9.17, 15) is 5.11 Å². The zero-order valence-electron chi connectivity index (χ0n) is 17.0. The van der Waals surface area contributed by atoms with Gasteiger partial charge in [-0.05, 0) is 42.7 Å². The number of nitriles is 1. The maximum absolute atomic E-state index is 10.2. The van der Waals surface area contributed by atoms with Gasteiger partial charge in [-0.3, -0.25) is 0 Å². The molecule has 0 unspecified atom stereocenters. The highest BCUT2D eigenvalue weighted by Crippen LogP contribution is 2.30. The number of aliphatic hydroxyl groups is 1. The maximum atomic E-state index is 10.2. The monoisotopic (exact) mass is 433 g/mol. The van der Waals surface area contributed by atoms with E-state index in [4.69, 9.17) is 15.0 Å². The van der Waals surface area contributed by atoms with E-state index in [1.807, 2.05) is 30.6 Å². The molecule has 31 heavy (non-hydrogen) atoms. The Balaban J connectivity index is 1.34. The number of thiazole rings is 1. The zero-order chi connectivity index (χ0) is 21.2. The van der Waals surface area contributed by atoms with Crippen LogP contribution in [-0.2, 0) is 6.54 Å². The van der Waals surface area contributed by atoms with Crippen LogP contribution in [0.15, 0.2) is 42.7 Å². The number of fused-ring (bicyclic) bond motifs is 2. The lowest BCUT2D eigenvalue weighted by Crippen LogP contribution is -2.36. The Kier molecular flexibility index (Phi) is 5.45. The normalized spacial score (nSPS) is 18.8. The summed E-state index contributed by atoms with van der Waals surface area (Å²) in [6.07, 6.45) is 5.62. The van der Waals surface area contributed by atoms with Crippen molar-refractivity contribution in [1.29, 1.82) is 5.26 Å². The summed E-state index contributed by atoms with van der Waals surface area (Å²) >= 11 is 1.63. The molecule has 0 radical (unpaired) electrons. The van der Waals surface area contributed by atoms with Gasteiger partial charge >= 0.3 is 0 Å².